The molecule has 0 saturated carbocycles. The number of fused-ring (bicyclic) bond motifs is 1. The number of imide groups is 1. The average molecular weight is 541 g/mol. The number of hydrazone groups is 1. The van der Waals surface area contributed by atoms with E-state index in [9.17, 15) is 19.6 Å². The van der Waals surface area contributed by atoms with Gasteiger partial charge in [0.2, 0.25) is 5.95 Å². The van der Waals surface area contributed by atoms with E-state index in [0.29, 0.717) is 36.1 Å². The molecule has 5 rings (SSSR count). The first kappa shape index (κ1) is 26.8. The van der Waals surface area contributed by atoms with Crippen LogP contribution in [0.3, 0.4) is 0 Å². The third-order valence-corrected chi connectivity index (χ3v) is 6.45. The van der Waals surface area contributed by atoms with E-state index in [0.717, 1.165) is 17.5 Å². The van der Waals surface area contributed by atoms with Crippen molar-refractivity contribution in [2.75, 3.05) is 12.0 Å². The summed E-state index contributed by atoms with van der Waals surface area (Å²) in [6, 6.07) is 25.3. The van der Waals surface area contributed by atoms with Gasteiger partial charge in [-0.25, -0.2) is 10.4 Å². The van der Waals surface area contributed by atoms with Gasteiger partial charge >= 0.3 is 0 Å². The number of rotatable bonds is 8. The smallest absolute Gasteiger partial charge is 0.270 e. The lowest BCUT2D eigenvalue weighted by Crippen LogP contribution is -2.30. The maximum atomic E-state index is 12.5. The van der Waals surface area contributed by atoms with Gasteiger partial charge in [-0.05, 0) is 31.0 Å². The van der Waals surface area contributed by atoms with Crippen LogP contribution in [0, 0.1) is 23.2 Å². The Hall–Kier alpha value is -5.80. The van der Waals surface area contributed by atoms with Crippen LogP contribution in [0.2, 0.25) is 0 Å². The molecular weight excluding hydrogens is 516 g/mol. The van der Waals surface area contributed by atoms with E-state index in [2.05, 4.69) is 32.3 Å². The predicted molar refractivity (Wildman–Crippen MR) is 155 cm³/mol. The maximum absolute atomic E-state index is 12.5. The van der Waals surface area contributed by atoms with E-state index >= 15 is 0 Å². The molecule has 0 saturated heterocycles. The van der Waals surface area contributed by atoms with Crippen LogP contribution in [0.4, 0.5) is 5.95 Å². The first-order valence-electron chi connectivity index (χ1n) is 13.0. The highest BCUT2D eigenvalue weighted by Crippen LogP contribution is 2.23. The van der Waals surface area contributed by atoms with Crippen LogP contribution in [0.5, 0.6) is 0 Å². The van der Waals surface area contributed by atoms with Gasteiger partial charge in [0.25, 0.3) is 17.4 Å². The van der Waals surface area contributed by atoms with Crippen molar-refractivity contribution >= 4 is 24.0 Å². The van der Waals surface area contributed by atoms with Crippen molar-refractivity contribution in [3.63, 3.8) is 0 Å². The van der Waals surface area contributed by atoms with Crippen LogP contribution in [-0.2, 0) is 0 Å². The number of nitrogens with one attached hydrogen (secondary N) is 2. The number of H-pyrrole nitrogens is 1. The van der Waals surface area contributed by atoms with Gasteiger partial charge in [0.05, 0.1) is 23.0 Å². The molecule has 0 atom stereocenters. The zero-order chi connectivity index (χ0) is 28.6. The topological polar surface area (TPSA) is 131 Å². The maximum Gasteiger partial charge on any atom is 0.270 e. The van der Waals surface area contributed by atoms with Gasteiger partial charge in [0.15, 0.2) is 0 Å². The fraction of sp³-hybridized carbons (Fsp3) is 0.125. The first-order valence-corrected chi connectivity index (χ1v) is 13.0. The zero-order valence-electron chi connectivity index (χ0n) is 21.9. The largest absolute Gasteiger partial charge is 0.290 e. The lowest BCUT2D eigenvalue weighted by Gasteiger charge is -2.12. The Morgan fingerprint density at radius 1 is 0.902 bits per heavy atom. The Balaban J connectivity index is 1.19. The Labute approximate surface area is 236 Å². The lowest BCUT2D eigenvalue weighted by atomic mass is 10.1. The molecule has 2 heterocycles. The van der Waals surface area contributed by atoms with E-state index in [-0.39, 0.29) is 29.0 Å². The Kier molecular flexibility index (Phi) is 8.08. The summed E-state index contributed by atoms with van der Waals surface area (Å²) in [5, 5.41) is 13.6. The number of benzene rings is 3. The van der Waals surface area contributed by atoms with Gasteiger partial charge in [0.1, 0.15) is 11.6 Å². The molecule has 2 N–H and O–H groups in total. The van der Waals surface area contributed by atoms with E-state index in [1.54, 1.807) is 54.7 Å². The second-order valence-electron chi connectivity index (χ2n) is 9.14. The number of nitrogens with zero attached hydrogens (tertiary/aromatic N) is 4. The number of aromatic amines is 1. The fourth-order valence-electron chi connectivity index (χ4n) is 4.40. The number of unbranched alkanes of at least 4 members (excludes halogenated alkanes) is 2. The van der Waals surface area contributed by atoms with Crippen LogP contribution < -0.4 is 11.0 Å². The normalized spacial score (nSPS) is 12.1. The Bertz CT molecular complexity index is 1770. The van der Waals surface area contributed by atoms with E-state index in [4.69, 9.17) is 0 Å². The van der Waals surface area contributed by atoms with Gasteiger partial charge < -0.3 is 0 Å². The molecule has 1 aliphatic rings. The Morgan fingerprint density at radius 2 is 1.59 bits per heavy atom. The number of hydrogen-bond acceptors (Lipinski definition) is 7. The standard InChI is InChI=1S/C32H24N6O3/c33-20-27-28(23-14-5-3-6-15-23)35-32(36-29(27)39)37-34-21-24-16-8-7-13-22(24)12-4-1-2-11-19-38-30(40)25-17-9-10-18-26(25)31(38)41/h3,5-10,13-18,21H,1-2,11,19H2,(H2,35,36,37,39). The number of nitriles is 1. The number of aromatic nitrogens is 2. The summed E-state index contributed by atoms with van der Waals surface area (Å²) < 4.78 is 0. The summed E-state index contributed by atoms with van der Waals surface area (Å²) in [4.78, 5) is 45.6. The molecule has 0 aliphatic carbocycles. The van der Waals surface area contributed by atoms with Crippen molar-refractivity contribution in [2.45, 2.75) is 19.3 Å². The molecule has 0 radical (unpaired) electrons. The molecule has 9 nitrogen and oxygen atoms in total. The van der Waals surface area contributed by atoms with Crippen LogP contribution in [0.15, 0.2) is 88.8 Å². The minimum atomic E-state index is -0.562. The molecule has 1 aliphatic heterocycles. The SMILES string of the molecule is N#Cc1c(-c2ccccc2)nc(NN=Cc2ccccc2C#CCCCCN2C(=O)c3ccccc3C2=O)[nH]c1=O. The summed E-state index contributed by atoms with van der Waals surface area (Å²) in [5.41, 5.74) is 5.46. The summed E-state index contributed by atoms with van der Waals surface area (Å²) in [6.45, 7) is 0.362. The number of amides is 2. The predicted octanol–water partition coefficient (Wildman–Crippen LogP) is 4.57. The molecule has 2 amide bonds. The highest BCUT2D eigenvalue weighted by molar-refractivity contribution is 6.21. The second-order valence-corrected chi connectivity index (χ2v) is 9.14. The quantitative estimate of drug-likeness (QED) is 0.111. The van der Waals surface area contributed by atoms with Crippen molar-refractivity contribution in [1.29, 1.82) is 5.26 Å². The second kappa shape index (κ2) is 12.4. The van der Waals surface area contributed by atoms with Crippen LogP contribution in [-0.4, -0.2) is 39.4 Å². The van der Waals surface area contributed by atoms with Gasteiger partial charge in [-0.15, -0.1) is 0 Å². The van der Waals surface area contributed by atoms with Crippen molar-refractivity contribution in [3.05, 3.63) is 117 Å². The van der Waals surface area contributed by atoms with Gasteiger partial charge in [-0.2, -0.15) is 10.4 Å². The number of carbonyl (C=O) groups excluding carboxylic acids is 2. The number of hydrogen-bond donors (Lipinski definition) is 2. The minimum Gasteiger partial charge on any atom is -0.290 e. The summed E-state index contributed by atoms with van der Waals surface area (Å²) in [5.74, 6) is 5.92. The van der Waals surface area contributed by atoms with Gasteiger partial charge in [0, 0.05) is 29.7 Å². The lowest BCUT2D eigenvalue weighted by molar-refractivity contribution is 0.0652. The summed E-state index contributed by atoms with van der Waals surface area (Å²) in [7, 11) is 0. The van der Waals surface area contributed by atoms with Crippen LogP contribution in [0.25, 0.3) is 11.3 Å². The first-order chi connectivity index (χ1) is 20.1. The molecule has 4 aromatic rings. The molecular formula is C32H24N6O3. The van der Waals surface area contributed by atoms with Crippen molar-refractivity contribution in [2.24, 2.45) is 5.10 Å². The van der Waals surface area contributed by atoms with Crippen molar-refractivity contribution in [3.8, 4) is 29.2 Å². The third kappa shape index (κ3) is 5.95. The van der Waals surface area contributed by atoms with E-state index < -0.39 is 5.56 Å². The van der Waals surface area contributed by atoms with Crippen LogP contribution in [0.1, 0.15) is 56.7 Å². The molecule has 0 fully saturated rings. The van der Waals surface area contributed by atoms with Crippen molar-refractivity contribution in [1.82, 2.24) is 14.9 Å². The monoisotopic (exact) mass is 540 g/mol. The molecule has 200 valence electrons. The summed E-state index contributed by atoms with van der Waals surface area (Å²) in [6.07, 6.45) is 3.58. The molecule has 9 heteroatoms. The number of anilines is 1. The summed E-state index contributed by atoms with van der Waals surface area (Å²) >= 11 is 0. The highest BCUT2D eigenvalue weighted by atomic mass is 16.2. The molecule has 0 bridgehead atoms. The third-order valence-electron chi connectivity index (χ3n) is 6.45. The average Bonchev–Trinajstić information content (AvgIpc) is 3.24. The molecule has 0 unspecified atom stereocenters. The van der Waals surface area contributed by atoms with Gasteiger partial charge in [-0.3, -0.25) is 24.3 Å². The Morgan fingerprint density at radius 3 is 2.32 bits per heavy atom. The molecule has 3 aromatic carbocycles. The van der Waals surface area contributed by atoms with E-state index in [1.807, 2.05) is 36.4 Å². The van der Waals surface area contributed by atoms with Gasteiger partial charge in [-0.1, -0.05) is 72.5 Å². The van der Waals surface area contributed by atoms with Crippen LogP contribution >= 0.6 is 0 Å². The highest BCUT2D eigenvalue weighted by Gasteiger charge is 2.34. The molecule has 0 spiro atoms. The zero-order valence-corrected chi connectivity index (χ0v) is 21.9. The fourth-order valence-corrected chi connectivity index (χ4v) is 4.40. The molecule has 1 aromatic heterocycles. The minimum absolute atomic E-state index is 0.0740. The molecule has 41 heavy (non-hydrogen) atoms. The number of carbonyl (C=O) groups is 2. The van der Waals surface area contributed by atoms with Crippen molar-refractivity contribution < 1.29 is 9.59 Å². The van der Waals surface area contributed by atoms with E-state index in [1.165, 1.54) is 4.90 Å².